The van der Waals surface area contributed by atoms with Gasteiger partial charge in [-0.05, 0) is 38.5 Å². The van der Waals surface area contributed by atoms with Crippen LogP contribution in [-0.2, 0) is 14.3 Å². The van der Waals surface area contributed by atoms with Crippen molar-refractivity contribution in [1.29, 1.82) is 0 Å². The van der Waals surface area contributed by atoms with Crippen LogP contribution in [0.4, 0.5) is 5.69 Å². The number of methoxy groups -OCH3 is 2. The number of carbonyl (C=O) groups excluding carboxylic acids is 3. The quantitative estimate of drug-likeness (QED) is 0.753. The lowest BCUT2D eigenvalue weighted by Gasteiger charge is -2.15. The summed E-state index contributed by atoms with van der Waals surface area (Å²) in [5.74, 6) is -1.32. The first-order valence-electron chi connectivity index (χ1n) is 8.22. The molecule has 0 aliphatic rings. The van der Waals surface area contributed by atoms with Gasteiger partial charge in [0.1, 0.15) is 11.4 Å². The van der Waals surface area contributed by atoms with Gasteiger partial charge < -0.3 is 24.5 Å². The Morgan fingerprint density at radius 1 is 1.07 bits per heavy atom. The van der Waals surface area contributed by atoms with Gasteiger partial charge in [-0.25, -0.2) is 9.59 Å². The van der Waals surface area contributed by atoms with Crippen LogP contribution in [-0.4, -0.2) is 43.2 Å². The van der Waals surface area contributed by atoms with Gasteiger partial charge >= 0.3 is 11.9 Å². The van der Waals surface area contributed by atoms with Gasteiger partial charge in [0.05, 0.1) is 25.5 Å². The molecule has 144 valence electrons. The van der Waals surface area contributed by atoms with E-state index >= 15 is 0 Å². The summed E-state index contributed by atoms with van der Waals surface area (Å²) in [7, 11) is 2.75. The van der Waals surface area contributed by atoms with Gasteiger partial charge in [0.15, 0.2) is 6.10 Å². The molecule has 0 saturated carbocycles. The number of esters is 2. The van der Waals surface area contributed by atoms with Crippen molar-refractivity contribution in [3.05, 3.63) is 46.8 Å². The lowest BCUT2D eigenvalue weighted by Crippen LogP contribution is -2.30. The number of aryl methyl sites for hydroxylation is 1. The smallest absolute Gasteiger partial charge is 0.355 e. The summed E-state index contributed by atoms with van der Waals surface area (Å²) in [5, 5.41) is 2.65. The summed E-state index contributed by atoms with van der Waals surface area (Å²) >= 11 is 0. The van der Waals surface area contributed by atoms with E-state index < -0.39 is 23.9 Å². The SMILES string of the molecule is COC(=O)c1c(C)[nH]c(C(=O)OC(C)C(=O)Nc2ccccc2OC)c1C. The Morgan fingerprint density at radius 2 is 1.74 bits per heavy atom. The van der Waals surface area contributed by atoms with Crippen molar-refractivity contribution in [2.75, 3.05) is 19.5 Å². The summed E-state index contributed by atoms with van der Waals surface area (Å²) in [5.41, 5.74) is 1.73. The number of amides is 1. The molecule has 8 heteroatoms. The van der Waals surface area contributed by atoms with Gasteiger partial charge in [0.25, 0.3) is 5.91 Å². The van der Waals surface area contributed by atoms with Crippen LogP contribution in [0, 0.1) is 13.8 Å². The Labute approximate surface area is 156 Å². The Morgan fingerprint density at radius 3 is 2.37 bits per heavy atom. The standard InChI is InChI=1S/C19H22N2O6/c1-10-15(18(23)26-5)11(2)20-16(10)19(24)27-12(3)17(22)21-13-8-6-7-9-14(13)25-4/h6-9,12,20H,1-5H3,(H,21,22). The van der Waals surface area contributed by atoms with Crippen LogP contribution in [0.5, 0.6) is 5.75 Å². The molecule has 0 aliphatic carbocycles. The number of rotatable bonds is 6. The topological polar surface area (TPSA) is 107 Å². The Balaban J connectivity index is 2.11. The number of nitrogens with one attached hydrogen (secondary N) is 2. The molecule has 0 fully saturated rings. The highest BCUT2D eigenvalue weighted by Gasteiger charge is 2.26. The van der Waals surface area contributed by atoms with Crippen molar-refractivity contribution in [3.8, 4) is 5.75 Å². The second kappa shape index (κ2) is 8.39. The number of anilines is 1. The summed E-state index contributed by atoms with van der Waals surface area (Å²) in [6.45, 7) is 4.70. The molecule has 0 aliphatic heterocycles. The Hall–Kier alpha value is -3.29. The molecule has 2 aromatic rings. The average molecular weight is 374 g/mol. The van der Waals surface area contributed by atoms with Crippen LogP contribution in [0.3, 0.4) is 0 Å². The molecule has 0 bridgehead atoms. The van der Waals surface area contributed by atoms with Gasteiger partial charge in [-0.2, -0.15) is 0 Å². The minimum Gasteiger partial charge on any atom is -0.495 e. The van der Waals surface area contributed by atoms with E-state index in [1.165, 1.54) is 21.1 Å². The number of carbonyl (C=O) groups is 3. The highest BCUT2D eigenvalue weighted by molar-refractivity contribution is 6.00. The van der Waals surface area contributed by atoms with Gasteiger partial charge in [0, 0.05) is 5.69 Å². The van der Waals surface area contributed by atoms with E-state index in [1.54, 1.807) is 38.1 Å². The molecule has 1 aromatic carbocycles. The fraction of sp³-hybridized carbons (Fsp3) is 0.316. The third-order valence-corrected chi connectivity index (χ3v) is 4.05. The van der Waals surface area contributed by atoms with Crippen LogP contribution < -0.4 is 10.1 Å². The van der Waals surface area contributed by atoms with Gasteiger partial charge in [0.2, 0.25) is 0 Å². The molecule has 2 rings (SSSR count). The normalized spacial score (nSPS) is 11.4. The van der Waals surface area contributed by atoms with Crippen LogP contribution in [0.15, 0.2) is 24.3 Å². The van der Waals surface area contributed by atoms with E-state index in [1.807, 2.05) is 0 Å². The first kappa shape index (κ1) is 20.0. The number of benzene rings is 1. The molecule has 0 saturated heterocycles. The molecular formula is C19H22N2O6. The van der Waals surface area contributed by atoms with E-state index in [-0.39, 0.29) is 11.3 Å². The van der Waals surface area contributed by atoms with Crippen LogP contribution in [0.25, 0.3) is 0 Å². The molecule has 0 spiro atoms. The zero-order chi connectivity index (χ0) is 20.1. The summed E-state index contributed by atoms with van der Waals surface area (Å²) < 4.78 is 15.1. The number of aromatic nitrogens is 1. The minimum atomic E-state index is -1.06. The molecule has 1 amide bonds. The lowest BCUT2D eigenvalue weighted by molar-refractivity contribution is -0.123. The van der Waals surface area contributed by atoms with Crippen molar-refractivity contribution in [2.24, 2.45) is 0 Å². The number of para-hydroxylation sites is 2. The zero-order valence-corrected chi connectivity index (χ0v) is 15.8. The average Bonchev–Trinajstić information content (AvgIpc) is 2.95. The maximum absolute atomic E-state index is 12.4. The van der Waals surface area contributed by atoms with E-state index in [0.29, 0.717) is 22.7 Å². The van der Waals surface area contributed by atoms with Gasteiger partial charge in [-0.1, -0.05) is 12.1 Å². The van der Waals surface area contributed by atoms with E-state index in [4.69, 9.17) is 14.2 Å². The summed E-state index contributed by atoms with van der Waals surface area (Å²) in [6.07, 6.45) is -1.06. The summed E-state index contributed by atoms with van der Waals surface area (Å²) in [4.78, 5) is 39.4. The highest BCUT2D eigenvalue weighted by Crippen LogP contribution is 2.24. The molecular weight excluding hydrogens is 352 g/mol. The maximum Gasteiger partial charge on any atom is 0.355 e. The number of ether oxygens (including phenoxy) is 3. The predicted molar refractivity (Wildman–Crippen MR) is 98.1 cm³/mol. The van der Waals surface area contributed by atoms with Crippen molar-refractivity contribution < 1.29 is 28.6 Å². The monoisotopic (exact) mass is 374 g/mol. The summed E-state index contributed by atoms with van der Waals surface area (Å²) in [6, 6.07) is 6.89. The Bertz CT molecular complexity index is 871. The fourth-order valence-electron chi connectivity index (χ4n) is 2.62. The molecule has 1 atom stereocenters. The van der Waals surface area contributed by atoms with E-state index in [2.05, 4.69) is 10.3 Å². The molecule has 0 radical (unpaired) electrons. The minimum absolute atomic E-state index is 0.102. The van der Waals surface area contributed by atoms with Crippen molar-refractivity contribution in [1.82, 2.24) is 4.98 Å². The maximum atomic E-state index is 12.4. The highest BCUT2D eigenvalue weighted by atomic mass is 16.5. The van der Waals surface area contributed by atoms with Crippen LogP contribution in [0.1, 0.15) is 39.0 Å². The number of H-pyrrole nitrogens is 1. The molecule has 1 unspecified atom stereocenters. The predicted octanol–water partition coefficient (Wildman–Crippen LogP) is 2.61. The second-order valence-corrected chi connectivity index (χ2v) is 5.85. The zero-order valence-electron chi connectivity index (χ0n) is 15.8. The molecule has 8 nitrogen and oxygen atoms in total. The fourth-order valence-corrected chi connectivity index (χ4v) is 2.62. The van der Waals surface area contributed by atoms with Crippen LogP contribution in [0.2, 0.25) is 0 Å². The molecule has 2 N–H and O–H groups in total. The number of hydrogen-bond donors (Lipinski definition) is 2. The van der Waals surface area contributed by atoms with E-state index in [9.17, 15) is 14.4 Å². The van der Waals surface area contributed by atoms with Crippen molar-refractivity contribution in [2.45, 2.75) is 26.9 Å². The van der Waals surface area contributed by atoms with Gasteiger partial charge in [-0.3, -0.25) is 4.79 Å². The van der Waals surface area contributed by atoms with Crippen molar-refractivity contribution >= 4 is 23.5 Å². The molecule has 1 aromatic heterocycles. The Kier molecular flexibility index (Phi) is 6.23. The molecule has 1 heterocycles. The second-order valence-electron chi connectivity index (χ2n) is 5.85. The third kappa shape index (κ3) is 4.28. The number of aromatic amines is 1. The van der Waals surface area contributed by atoms with Crippen molar-refractivity contribution in [3.63, 3.8) is 0 Å². The van der Waals surface area contributed by atoms with E-state index in [0.717, 1.165) is 0 Å². The third-order valence-electron chi connectivity index (χ3n) is 4.05. The van der Waals surface area contributed by atoms with Crippen LogP contribution >= 0.6 is 0 Å². The largest absolute Gasteiger partial charge is 0.495 e. The molecule has 27 heavy (non-hydrogen) atoms. The lowest BCUT2D eigenvalue weighted by atomic mass is 10.1. The van der Waals surface area contributed by atoms with Gasteiger partial charge in [-0.15, -0.1) is 0 Å². The number of hydrogen-bond acceptors (Lipinski definition) is 6. The first-order valence-corrected chi connectivity index (χ1v) is 8.22. The first-order chi connectivity index (χ1) is 12.8.